The fourth-order valence-electron chi connectivity index (χ4n) is 1.55. The molecule has 0 amide bonds. The minimum absolute atomic E-state index is 0.00345. The van der Waals surface area contributed by atoms with Gasteiger partial charge in [0.15, 0.2) is 0 Å². The van der Waals surface area contributed by atoms with E-state index < -0.39 is 0 Å². The second kappa shape index (κ2) is 7.81. The summed E-state index contributed by atoms with van der Waals surface area (Å²) >= 11 is 0. The van der Waals surface area contributed by atoms with E-state index in [1.54, 1.807) is 0 Å². The molecule has 0 N–H and O–H groups in total. The number of hydrogen-bond acceptors (Lipinski definition) is 0. The molecular weight excluding hydrogens is 172 g/mol. The molecule has 0 aromatic carbocycles. The van der Waals surface area contributed by atoms with Gasteiger partial charge in [-0.3, -0.25) is 0 Å². The zero-order valence-corrected chi connectivity index (χ0v) is 9.92. The summed E-state index contributed by atoms with van der Waals surface area (Å²) in [6.07, 6.45) is 8.72. The van der Waals surface area contributed by atoms with Crippen molar-refractivity contribution < 1.29 is 5.11 Å². The topological polar surface area (TPSA) is 19.9 Å². The molecule has 81 valence electrons. The lowest BCUT2D eigenvalue weighted by atomic mass is 9.98. The Morgan fingerprint density at radius 2 is 1.93 bits per heavy atom. The van der Waals surface area contributed by atoms with Crippen molar-refractivity contribution in [1.82, 2.24) is 0 Å². The van der Waals surface area contributed by atoms with Crippen LogP contribution in [0.4, 0.5) is 0 Å². The molecule has 1 heteroatoms. The average molecular weight is 195 g/mol. The SMILES string of the molecule is CC/C=C/C(C)C/C(C)=C/C(C)C[O]. The van der Waals surface area contributed by atoms with Gasteiger partial charge in [-0.05, 0) is 25.7 Å². The summed E-state index contributed by atoms with van der Waals surface area (Å²) in [4.78, 5) is 0. The van der Waals surface area contributed by atoms with Crippen LogP contribution in [0.5, 0.6) is 0 Å². The van der Waals surface area contributed by atoms with Gasteiger partial charge >= 0.3 is 0 Å². The van der Waals surface area contributed by atoms with E-state index in [1.165, 1.54) is 5.57 Å². The first kappa shape index (κ1) is 13.4. The maximum atomic E-state index is 10.6. The maximum Gasteiger partial charge on any atom is 0.0882 e. The van der Waals surface area contributed by atoms with Gasteiger partial charge in [0.25, 0.3) is 0 Å². The van der Waals surface area contributed by atoms with Gasteiger partial charge < -0.3 is 0 Å². The van der Waals surface area contributed by atoms with Gasteiger partial charge in [-0.2, -0.15) is 0 Å². The number of hydrogen-bond donors (Lipinski definition) is 0. The minimum Gasteiger partial charge on any atom is -0.236 e. The van der Waals surface area contributed by atoms with E-state index in [0.29, 0.717) is 5.92 Å². The molecule has 0 aromatic rings. The summed E-state index contributed by atoms with van der Waals surface area (Å²) in [5.74, 6) is 0.766. The highest BCUT2D eigenvalue weighted by molar-refractivity contribution is 5.03. The van der Waals surface area contributed by atoms with E-state index >= 15 is 0 Å². The van der Waals surface area contributed by atoms with E-state index in [9.17, 15) is 5.11 Å². The molecule has 0 aliphatic carbocycles. The molecule has 0 spiro atoms. The summed E-state index contributed by atoms with van der Waals surface area (Å²) < 4.78 is 0. The Kier molecular flexibility index (Phi) is 7.50. The van der Waals surface area contributed by atoms with Gasteiger partial charge in [0, 0.05) is 5.92 Å². The van der Waals surface area contributed by atoms with Crippen LogP contribution in [0.1, 0.15) is 40.5 Å². The Hall–Kier alpha value is -0.560. The Bertz CT molecular complexity index is 191. The highest BCUT2D eigenvalue weighted by atomic mass is 16.3. The van der Waals surface area contributed by atoms with Crippen LogP contribution < -0.4 is 0 Å². The Labute approximate surface area is 88.5 Å². The zero-order valence-electron chi connectivity index (χ0n) is 9.92. The fraction of sp³-hybridized carbons (Fsp3) is 0.692. The molecule has 14 heavy (non-hydrogen) atoms. The van der Waals surface area contributed by atoms with E-state index in [4.69, 9.17) is 0 Å². The van der Waals surface area contributed by atoms with Gasteiger partial charge in [0.2, 0.25) is 0 Å². The molecule has 0 fully saturated rings. The Morgan fingerprint density at radius 3 is 2.43 bits per heavy atom. The van der Waals surface area contributed by atoms with E-state index in [2.05, 4.69) is 39.0 Å². The van der Waals surface area contributed by atoms with Crippen molar-refractivity contribution in [3.63, 3.8) is 0 Å². The maximum absolute atomic E-state index is 10.6. The molecule has 0 aliphatic rings. The van der Waals surface area contributed by atoms with Crippen molar-refractivity contribution in [2.75, 3.05) is 6.61 Å². The Morgan fingerprint density at radius 1 is 1.29 bits per heavy atom. The molecule has 2 atom stereocenters. The lowest BCUT2D eigenvalue weighted by Gasteiger charge is -2.08. The summed E-state index contributed by atoms with van der Waals surface area (Å²) in [6.45, 7) is 8.44. The van der Waals surface area contributed by atoms with Crippen LogP contribution >= 0.6 is 0 Å². The van der Waals surface area contributed by atoms with Gasteiger partial charge in [-0.15, -0.1) is 0 Å². The molecule has 1 nitrogen and oxygen atoms in total. The normalized spacial score (nSPS) is 17.4. The summed E-state index contributed by atoms with van der Waals surface area (Å²) in [6, 6.07) is 0. The largest absolute Gasteiger partial charge is 0.236 e. The first-order valence-corrected chi connectivity index (χ1v) is 5.52. The quantitative estimate of drug-likeness (QED) is 0.571. The molecule has 0 aromatic heterocycles. The second-order valence-electron chi connectivity index (χ2n) is 4.17. The fourth-order valence-corrected chi connectivity index (χ4v) is 1.55. The van der Waals surface area contributed by atoms with Crippen LogP contribution in [0.3, 0.4) is 0 Å². The number of allylic oxidation sites excluding steroid dienone is 3. The zero-order chi connectivity index (χ0) is 11.0. The number of rotatable bonds is 6. The van der Waals surface area contributed by atoms with Crippen LogP contribution in [-0.4, -0.2) is 6.61 Å². The summed E-state index contributed by atoms with van der Waals surface area (Å²) in [5.41, 5.74) is 1.33. The van der Waals surface area contributed by atoms with Gasteiger partial charge in [0.05, 0.1) is 6.61 Å². The van der Waals surface area contributed by atoms with Crippen molar-refractivity contribution in [2.24, 2.45) is 11.8 Å². The first-order chi connectivity index (χ1) is 6.60. The first-order valence-electron chi connectivity index (χ1n) is 5.52. The highest BCUT2D eigenvalue weighted by Gasteiger charge is 2.01. The van der Waals surface area contributed by atoms with Gasteiger partial charge in [0.1, 0.15) is 0 Å². The predicted molar refractivity (Wildman–Crippen MR) is 61.7 cm³/mol. The second-order valence-corrected chi connectivity index (χ2v) is 4.17. The smallest absolute Gasteiger partial charge is 0.0882 e. The molecule has 0 saturated carbocycles. The third-order valence-electron chi connectivity index (χ3n) is 2.18. The third-order valence-corrected chi connectivity index (χ3v) is 2.18. The van der Waals surface area contributed by atoms with Crippen LogP contribution in [0, 0.1) is 11.8 Å². The standard InChI is InChI=1S/C13H23O/c1-5-6-7-11(2)8-12(3)9-13(4)10-14/h6-7,9,11,13H,5,8,10H2,1-4H3/b7-6+,12-9+. The molecule has 0 bridgehead atoms. The van der Waals surface area contributed by atoms with Crippen LogP contribution in [-0.2, 0) is 5.11 Å². The predicted octanol–water partition coefficient (Wildman–Crippen LogP) is 3.99. The third kappa shape index (κ3) is 6.90. The van der Waals surface area contributed by atoms with Crippen LogP contribution in [0.2, 0.25) is 0 Å². The minimum atomic E-state index is -0.00345. The van der Waals surface area contributed by atoms with Crippen molar-refractivity contribution in [2.45, 2.75) is 40.5 Å². The van der Waals surface area contributed by atoms with E-state index in [0.717, 1.165) is 12.8 Å². The molecule has 0 rings (SSSR count). The molecule has 0 aliphatic heterocycles. The Balaban J connectivity index is 3.97. The van der Waals surface area contributed by atoms with Gasteiger partial charge in [-0.25, -0.2) is 5.11 Å². The van der Waals surface area contributed by atoms with Crippen LogP contribution in [0.25, 0.3) is 0 Å². The molecule has 2 unspecified atom stereocenters. The van der Waals surface area contributed by atoms with E-state index in [-0.39, 0.29) is 12.5 Å². The molecule has 0 heterocycles. The van der Waals surface area contributed by atoms with Crippen molar-refractivity contribution >= 4 is 0 Å². The van der Waals surface area contributed by atoms with E-state index in [1.807, 2.05) is 6.92 Å². The van der Waals surface area contributed by atoms with Crippen molar-refractivity contribution in [1.29, 1.82) is 0 Å². The highest BCUT2D eigenvalue weighted by Crippen LogP contribution is 2.14. The van der Waals surface area contributed by atoms with Crippen LogP contribution in [0.15, 0.2) is 23.8 Å². The summed E-state index contributed by atoms with van der Waals surface area (Å²) in [5, 5.41) is 10.6. The van der Waals surface area contributed by atoms with Gasteiger partial charge in [-0.1, -0.05) is 44.6 Å². The monoisotopic (exact) mass is 195 g/mol. The summed E-state index contributed by atoms with van der Waals surface area (Å²) in [7, 11) is 0. The lowest BCUT2D eigenvalue weighted by Crippen LogP contribution is -1.98. The van der Waals surface area contributed by atoms with Crippen molar-refractivity contribution in [3.8, 4) is 0 Å². The average Bonchev–Trinajstić information content (AvgIpc) is 2.14. The molecule has 0 saturated heterocycles. The lowest BCUT2D eigenvalue weighted by molar-refractivity contribution is 0.168. The molecular formula is C13H23O. The molecule has 1 radical (unpaired) electrons. The van der Waals surface area contributed by atoms with Crippen molar-refractivity contribution in [3.05, 3.63) is 23.8 Å².